The number of ether oxygens (including phenoxy) is 1. The Labute approximate surface area is 665 Å². The molecule has 4 saturated heterocycles. The van der Waals surface area contributed by atoms with E-state index in [0.717, 1.165) is 121 Å². The lowest BCUT2D eigenvalue weighted by molar-refractivity contribution is -0.144. The molecule has 600 valence electrons. The van der Waals surface area contributed by atoms with Crippen LogP contribution < -0.4 is 30.9 Å². The molecule has 5 amide bonds. The Morgan fingerprint density at radius 1 is 0.766 bits per heavy atom. The van der Waals surface area contributed by atoms with Gasteiger partial charge < -0.3 is 40.7 Å². The van der Waals surface area contributed by atoms with Crippen molar-refractivity contribution in [2.45, 2.75) is 175 Å². The molecule has 4 fully saturated rings. The maximum Gasteiger partial charge on any atom is 0.501 e. The normalized spacial score (nSPS) is 20.1. The highest BCUT2D eigenvalue weighted by Crippen LogP contribution is 2.45. The number of alkyl halides is 3. The second kappa shape index (κ2) is 37.7. The Balaban J connectivity index is 0.632. The largest absolute Gasteiger partial charge is 0.501 e. The lowest BCUT2D eigenvalue weighted by atomic mass is 9.71. The second-order valence-electron chi connectivity index (χ2n) is 31.5. The van der Waals surface area contributed by atoms with Crippen LogP contribution in [0.25, 0.3) is 16.0 Å². The molecule has 1 aliphatic carbocycles. The number of thioether (sulfide) groups is 1. The van der Waals surface area contributed by atoms with Crippen LogP contribution in [0.1, 0.15) is 151 Å². The highest BCUT2D eigenvalue weighted by atomic mass is 35.5. The average Bonchev–Trinajstić information content (AvgIpc) is 1.40. The van der Waals surface area contributed by atoms with Crippen LogP contribution in [0, 0.1) is 17.8 Å². The van der Waals surface area contributed by atoms with E-state index in [4.69, 9.17) is 16.3 Å². The van der Waals surface area contributed by atoms with Gasteiger partial charge in [0, 0.05) is 124 Å². The molecule has 4 aliphatic heterocycles. The summed E-state index contributed by atoms with van der Waals surface area (Å²) in [4.78, 5) is 84.0. The molecular weight excluding hydrogens is 1520 g/mol. The zero-order chi connectivity index (χ0) is 79.3. The van der Waals surface area contributed by atoms with Crippen molar-refractivity contribution in [1.29, 1.82) is 0 Å². The molecule has 29 heteroatoms. The number of carbonyl (C=O) groups is 5. The molecule has 6 aromatic rings. The maximum absolute atomic E-state index is 14.4. The molecule has 11 rings (SSSR count). The molecule has 5 heterocycles. The minimum absolute atomic E-state index is 0.00381. The van der Waals surface area contributed by atoms with Crippen molar-refractivity contribution in [3.63, 3.8) is 0 Å². The number of likely N-dealkylation sites (tertiary alicyclic amines) is 2. The number of thiazole rings is 1. The van der Waals surface area contributed by atoms with Crippen molar-refractivity contribution >= 4 is 101 Å². The van der Waals surface area contributed by atoms with Gasteiger partial charge >= 0.3 is 5.51 Å². The number of hydrogen-bond acceptors (Lipinski definition) is 18. The summed E-state index contributed by atoms with van der Waals surface area (Å²) < 4.78 is 105. The highest BCUT2D eigenvalue weighted by Gasteiger charge is 2.49. The molecule has 5 N–H and O–H groups in total. The number of amides is 5. The first kappa shape index (κ1) is 84.5. The molecule has 0 saturated carbocycles. The molecule has 1 aromatic heterocycles. The van der Waals surface area contributed by atoms with Crippen LogP contribution in [0.15, 0.2) is 147 Å². The summed E-state index contributed by atoms with van der Waals surface area (Å²) in [5.74, 6) is -1.43. The Morgan fingerprint density at radius 2 is 1.45 bits per heavy atom. The van der Waals surface area contributed by atoms with Crippen LogP contribution in [0.5, 0.6) is 0 Å². The number of benzene rings is 5. The third kappa shape index (κ3) is 22.8. The van der Waals surface area contributed by atoms with E-state index < -0.39 is 70.3 Å². The van der Waals surface area contributed by atoms with Crippen LogP contribution in [0.3, 0.4) is 0 Å². The quantitative estimate of drug-likeness (QED) is 0.0200. The summed E-state index contributed by atoms with van der Waals surface area (Å²) in [7, 11) is -11.0. The van der Waals surface area contributed by atoms with Crippen molar-refractivity contribution in [3.05, 3.63) is 160 Å². The molecule has 111 heavy (non-hydrogen) atoms. The van der Waals surface area contributed by atoms with Gasteiger partial charge in [-0.05, 0) is 184 Å². The second-order valence-corrected chi connectivity index (χ2v) is 37.5. The lowest BCUT2D eigenvalue weighted by Gasteiger charge is -2.44. The van der Waals surface area contributed by atoms with Crippen LogP contribution in [-0.2, 0) is 43.8 Å². The highest BCUT2D eigenvalue weighted by molar-refractivity contribution is 7.99. The predicted molar refractivity (Wildman–Crippen MR) is 432 cm³/mol. The molecule has 1 unspecified atom stereocenters. The van der Waals surface area contributed by atoms with Crippen molar-refractivity contribution in [2.75, 3.05) is 108 Å². The average molecular weight is 1630 g/mol. The van der Waals surface area contributed by atoms with Crippen LogP contribution >= 0.6 is 34.7 Å². The summed E-state index contributed by atoms with van der Waals surface area (Å²) in [6, 6.07) is 32.0. The Hall–Kier alpha value is -7.41. The fourth-order valence-corrected chi connectivity index (χ4v) is 19.6. The third-order valence-electron chi connectivity index (χ3n) is 21.9. The van der Waals surface area contributed by atoms with E-state index in [-0.39, 0.29) is 53.1 Å². The number of allylic oxidation sites excluding steroid dienone is 1. The first-order chi connectivity index (χ1) is 52.9. The number of anilines is 2. The fourth-order valence-electron chi connectivity index (χ4n) is 15.7. The number of rotatable bonds is 31. The number of morpholine rings is 1. The molecular formula is C82H105ClF3N11O10S4. The smallest absolute Gasteiger partial charge is 0.380 e. The van der Waals surface area contributed by atoms with Gasteiger partial charge in [0.25, 0.3) is 25.8 Å². The monoisotopic (exact) mass is 1620 g/mol. The molecule has 6 atom stereocenters. The number of halogens is 4. The minimum atomic E-state index is -6.11. The van der Waals surface area contributed by atoms with Crippen molar-refractivity contribution < 1.29 is 58.7 Å². The van der Waals surface area contributed by atoms with Gasteiger partial charge in [-0.2, -0.15) is 13.2 Å². The number of aryl methyl sites for hydroxylation is 1. The van der Waals surface area contributed by atoms with Gasteiger partial charge in [0.05, 0.1) is 45.9 Å². The summed E-state index contributed by atoms with van der Waals surface area (Å²) in [5, 5.41) is 13.2. The van der Waals surface area contributed by atoms with Crippen LogP contribution in [-0.4, -0.2) is 198 Å². The third-order valence-corrected chi connectivity index (χ3v) is 27.1. The zero-order valence-electron chi connectivity index (χ0n) is 64.2. The van der Waals surface area contributed by atoms with E-state index in [0.29, 0.717) is 114 Å². The number of aromatic nitrogens is 1. The van der Waals surface area contributed by atoms with E-state index in [1.54, 1.807) is 28.4 Å². The Bertz CT molecular complexity index is 4460. The number of hydrogen-bond donors (Lipinski definition) is 5. The summed E-state index contributed by atoms with van der Waals surface area (Å²) in [5.41, 5.74) is 2.57. The van der Waals surface area contributed by atoms with E-state index in [9.17, 15) is 54.0 Å². The first-order valence-corrected chi connectivity index (χ1v) is 43.8. The standard InChI is InChI=1S/C82H105ClF3N11O10S4/c1-56(58-21-23-60(24-22-58)75-57(2)87-55-109-75)88-78(101)71-18-14-39-97(71)79(102)76(80(3,4)5)91-74(99)20-12-8-11-19-73(98)90-64-15-13-38-95(52-64)54-81(6)37-35-69(59-25-29-63(83)30-26-59)62(50-81)51-94-41-43-96(44-42-94)66-31-27-61(28-32-66)77(100)92-111(105,106)68-33-34-70(72(49-68)110(103,104)82(84,85)86)89-65(36-40-93-45-47-107-48-46-93)53-108-67-16-9-7-10-17-67/h7,9-10,16-17,21-34,49,55-56,64-65,71,76,89H,8,11-15,18-20,35-48,50-54H2,1-6H3,(H,88,101)(H,90,98)(H,91,99)(H,92,100)/t56-,64+,65+,71-,76+,81?/m0/s1. The topological polar surface area (TPSA) is 252 Å². The number of nitrogens with one attached hydrogen (secondary N) is 5. The molecule has 0 bridgehead atoms. The van der Waals surface area contributed by atoms with Crippen molar-refractivity contribution in [1.82, 2.24) is 45.3 Å². The van der Waals surface area contributed by atoms with Gasteiger partial charge in [-0.3, -0.25) is 33.8 Å². The van der Waals surface area contributed by atoms with Gasteiger partial charge in [0.2, 0.25) is 23.6 Å². The van der Waals surface area contributed by atoms with Gasteiger partial charge in [0.1, 0.15) is 17.0 Å². The van der Waals surface area contributed by atoms with Gasteiger partial charge in [0.15, 0.2) is 0 Å². The number of sulfone groups is 1. The van der Waals surface area contributed by atoms with Gasteiger partial charge in [-0.15, -0.1) is 23.1 Å². The van der Waals surface area contributed by atoms with E-state index >= 15 is 0 Å². The number of unbranched alkanes of at least 4 members (excludes halogenated alkanes) is 2. The number of carbonyl (C=O) groups excluding carboxylic acids is 5. The number of nitrogens with zero attached hydrogens (tertiary/aromatic N) is 6. The Kier molecular flexibility index (Phi) is 28.7. The van der Waals surface area contributed by atoms with Crippen molar-refractivity contribution in [3.8, 4) is 10.4 Å². The number of piperidine rings is 1. The van der Waals surface area contributed by atoms with Crippen LogP contribution in [0.4, 0.5) is 24.5 Å². The van der Waals surface area contributed by atoms with E-state index in [1.165, 1.54) is 35.0 Å². The van der Waals surface area contributed by atoms with Gasteiger partial charge in [-0.25, -0.2) is 26.5 Å². The first-order valence-electron chi connectivity index (χ1n) is 38.6. The maximum atomic E-state index is 14.4. The van der Waals surface area contributed by atoms with E-state index in [2.05, 4.69) is 64.9 Å². The lowest BCUT2D eigenvalue weighted by Crippen LogP contribution is -2.57. The SMILES string of the molecule is Cc1ncsc1-c1ccc([C@H](C)NC(=O)[C@@H]2CCCN2C(=O)[C@@H](NC(=O)CCCCCC(=O)N[C@@H]2CCCN(CC3(C)CCC(c4ccc(Cl)cc4)=C(CN4CCN(c5ccc(C(=O)NS(=O)(=O)c6ccc(N[C@H](CCN7CCOCC7)CSc7ccccc7)c(S(=O)(=O)C(F)(F)F)c6)cc5)CC4)C3)C2)C(C)(C)C)cc1. The molecule has 0 spiro atoms. The molecule has 5 aromatic carbocycles. The fraction of sp³-hybridized carbons (Fsp3) is 0.512. The van der Waals surface area contributed by atoms with E-state index in [1.807, 2.05) is 112 Å². The predicted octanol–water partition coefficient (Wildman–Crippen LogP) is 13.2. The zero-order valence-corrected chi connectivity index (χ0v) is 68.2. The minimum Gasteiger partial charge on any atom is -0.380 e. The molecule has 5 aliphatic rings. The Morgan fingerprint density at radius 3 is 2.13 bits per heavy atom. The summed E-state index contributed by atoms with van der Waals surface area (Å²) in [6.07, 6.45) is 8.63. The molecule has 21 nitrogen and oxygen atoms in total. The number of sulfonamides is 1. The number of piperazine rings is 1. The molecule has 0 radical (unpaired) electrons. The summed E-state index contributed by atoms with van der Waals surface area (Å²) >= 11 is 9.44. The van der Waals surface area contributed by atoms with Crippen LogP contribution in [0.2, 0.25) is 5.02 Å². The van der Waals surface area contributed by atoms with Crippen molar-refractivity contribution in [2.24, 2.45) is 10.8 Å². The summed E-state index contributed by atoms with van der Waals surface area (Å²) in [6.45, 7) is 21.5. The van der Waals surface area contributed by atoms with Gasteiger partial charge in [-0.1, -0.05) is 106 Å².